The van der Waals surface area contributed by atoms with Crippen LogP contribution in [-0.4, -0.2) is 56.5 Å². The zero-order valence-electron chi connectivity index (χ0n) is 32.1. The maximum Gasteiger partial charge on any atom is 0.362 e. The van der Waals surface area contributed by atoms with E-state index in [2.05, 4.69) is 69.5 Å². The van der Waals surface area contributed by atoms with Crippen molar-refractivity contribution in [1.29, 1.82) is 0 Å². The van der Waals surface area contributed by atoms with Gasteiger partial charge in [-0.1, -0.05) is 81.1 Å². The van der Waals surface area contributed by atoms with Crippen molar-refractivity contribution in [3.63, 3.8) is 0 Å². The van der Waals surface area contributed by atoms with Crippen molar-refractivity contribution >= 4 is 5.97 Å². The molecule has 0 N–H and O–H groups in total. The maximum atomic E-state index is 13.5. The molecule has 0 aromatic heterocycles. The molecule has 5 saturated carbocycles. The molecule has 46 heavy (non-hydrogen) atoms. The highest BCUT2D eigenvalue weighted by Gasteiger charge is 2.73. The predicted octanol–water partition coefficient (Wildman–Crippen LogP) is 10.2. The summed E-state index contributed by atoms with van der Waals surface area (Å²) in [5.41, 5.74) is 1.87. The molecule has 0 amide bonds. The first-order chi connectivity index (χ1) is 21.5. The van der Waals surface area contributed by atoms with Gasteiger partial charge in [0.1, 0.15) is 6.10 Å². The molecule has 0 aromatic rings. The molecule has 4 nitrogen and oxygen atoms in total. The van der Waals surface area contributed by atoms with Gasteiger partial charge in [0.05, 0.1) is 33.4 Å². The fraction of sp³-hybridized carbons (Fsp3) is 0.976. The van der Waals surface area contributed by atoms with Gasteiger partial charge < -0.3 is 14.0 Å². The molecular weight excluding hydrogens is 566 g/mol. The lowest BCUT2D eigenvalue weighted by molar-refractivity contribution is -0.883. The number of likely N-dealkylation sites (N-methyl/N-ethyl adjacent to an activating group) is 1. The van der Waals surface area contributed by atoms with Crippen molar-refractivity contribution in [2.45, 2.75) is 170 Å². The van der Waals surface area contributed by atoms with E-state index in [4.69, 9.17) is 9.47 Å². The van der Waals surface area contributed by atoms with Crippen molar-refractivity contribution in [2.24, 2.45) is 56.2 Å². The van der Waals surface area contributed by atoms with Crippen LogP contribution < -0.4 is 0 Å². The van der Waals surface area contributed by atoms with Gasteiger partial charge in [-0.25, -0.2) is 4.79 Å². The summed E-state index contributed by atoms with van der Waals surface area (Å²) < 4.78 is 14.0. The first-order valence-corrected chi connectivity index (χ1v) is 20.1. The molecule has 1 heterocycles. The van der Waals surface area contributed by atoms with Gasteiger partial charge in [0, 0.05) is 5.41 Å². The largest absolute Gasteiger partial charge is 0.458 e. The van der Waals surface area contributed by atoms with Crippen LogP contribution in [0.25, 0.3) is 0 Å². The average molecular weight is 641 g/mol. The minimum Gasteiger partial charge on any atom is -0.458 e. The molecular formula is C42H74NO3+. The summed E-state index contributed by atoms with van der Waals surface area (Å²) in [5.74, 6) is 2.95. The van der Waals surface area contributed by atoms with E-state index in [1.165, 1.54) is 96.3 Å². The third kappa shape index (κ3) is 5.47. The molecule has 4 unspecified atom stereocenters. The average Bonchev–Trinajstić information content (AvgIpc) is 3.30. The lowest BCUT2D eigenvalue weighted by atomic mass is 9.31. The van der Waals surface area contributed by atoms with E-state index in [9.17, 15) is 4.79 Å². The normalized spacial score (nSPS) is 45.6. The molecule has 6 fully saturated rings. The highest BCUT2D eigenvalue weighted by molar-refractivity contribution is 5.70. The molecule has 1 aliphatic heterocycles. The van der Waals surface area contributed by atoms with Crippen LogP contribution in [0.1, 0.15) is 158 Å². The van der Waals surface area contributed by atoms with Crippen LogP contribution in [0, 0.1) is 56.2 Å². The van der Waals surface area contributed by atoms with E-state index in [0.717, 1.165) is 41.8 Å². The van der Waals surface area contributed by atoms with Gasteiger partial charge >= 0.3 is 5.97 Å². The Hall–Kier alpha value is -0.610. The molecule has 1 saturated heterocycles. The first-order valence-electron chi connectivity index (χ1n) is 20.1. The first kappa shape index (κ1) is 35.2. The van der Waals surface area contributed by atoms with E-state index in [-0.39, 0.29) is 17.5 Å². The number of ether oxygens (including phenoxy) is 2. The number of hydrogen-bond acceptors (Lipinski definition) is 3. The van der Waals surface area contributed by atoms with Crippen molar-refractivity contribution in [2.75, 3.05) is 33.8 Å². The zero-order chi connectivity index (χ0) is 33.4. The number of quaternary nitrogens is 1. The van der Waals surface area contributed by atoms with Crippen LogP contribution in [0.4, 0.5) is 0 Å². The third-order valence-electron chi connectivity index (χ3n) is 17.0. The molecule has 6 aliphatic rings. The van der Waals surface area contributed by atoms with Crippen molar-refractivity contribution in [3.05, 3.63) is 0 Å². The summed E-state index contributed by atoms with van der Waals surface area (Å²) in [6, 6.07) is 0. The molecule has 6 rings (SSSR count). The Morgan fingerprint density at radius 1 is 0.761 bits per heavy atom. The van der Waals surface area contributed by atoms with Gasteiger partial charge in [-0.3, -0.25) is 0 Å². The molecule has 0 aromatic carbocycles. The van der Waals surface area contributed by atoms with Gasteiger partial charge in [0.2, 0.25) is 0 Å². The molecule has 10 atom stereocenters. The monoisotopic (exact) mass is 641 g/mol. The fourth-order valence-electron chi connectivity index (χ4n) is 14.1. The number of esters is 1. The standard InChI is InChI=1S/C42H74NO3/c1-11-12-13-14-15-16-27-43(9,10)28-34(44)46-33-20-21-39(6)31(38(33,4)5)19-22-41(8)32(39)18-17-30-35-36-37(2,3)23-25-42(35,29-45-36)26-24-40(30,41)7/h30-33,35-36H,11-29H2,1-10H3/q+1/t30?,31?,32?,33-,35?,36-,39-,40+,41+,42+/m0/s1. The smallest absolute Gasteiger partial charge is 0.362 e. The van der Waals surface area contributed by atoms with Crippen LogP contribution in [0.15, 0.2) is 0 Å². The lowest BCUT2D eigenvalue weighted by Crippen LogP contribution is -2.68. The minimum atomic E-state index is 0.00906. The molecule has 2 bridgehead atoms. The van der Waals surface area contributed by atoms with E-state index < -0.39 is 0 Å². The van der Waals surface area contributed by atoms with Gasteiger partial charge in [0.25, 0.3) is 0 Å². The van der Waals surface area contributed by atoms with Gasteiger partial charge in [-0.05, 0) is 128 Å². The third-order valence-corrected chi connectivity index (χ3v) is 17.0. The summed E-state index contributed by atoms with van der Waals surface area (Å²) in [6.07, 6.45) is 21.4. The molecule has 5 aliphatic carbocycles. The second kappa shape index (κ2) is 12.0. The number of hydrogen-bond donors (Lipinski definition) is 0. The number of fused-ring (bicyclic) bond motifs is 5. The van der Waals surface area contributed by atoms with Crippen molar-refractivity contribution in [3.8, 4) is 0 Å². The van der Waals surface area contributed by atoms with E-state index in [1.807, 2.05) is 0 Å². The van der Waals surface area contributed by atoms with Gasteiger partial charge in [-0.15, -0.1) is 0 Å². The van der Waals surface area contributed by atoms with Crippen LogP contribution in [0.2, 0.25) is 0 Å². The number of rotatable bonds is 10. The zero-order valence-corrected chi connectivity index (χ0v) is 32.1. The second-order valence-electron chi connectivity index (χ2n) is 20.7. The predicted molar refractivity (Wildman–Crippen MR) is 189 cm³/mol. The fourth-order valence-corrected chi connectivity index (χ4v) is 14.1. The second-order valence-corrected chi connectivity index (χ2v) is 20.7. The maximum absolute atomic E-state index is 13.5. The Morgan fingerprint density at radius 3 is 2.20 bits per heavy atom. The Bertz CT molecular complexity index is 1130. The van der Waals surface area contributed by atoms with E-state index >= 15 is 0 Å². The molecule has 264 valence electrons. The lowest BCUT2D eigenvalue weighted by Gasteiger charge is -2.73. The Balaban J connectivity index is 1.13. The van der Waals surface area contributed by atoms with Gasteiger partial charge in [-0.2, -0.15) is 0 Å². The molecule has 0 radical (unpaired) electrons. The van der Waals surface area contributed by atoms with Crippen molar-refractivity contribution in [1.82, 2.24) is 0 Å². The topological polar surface area (TPSA) is 35.5 Å². The number of unbranched alkanes of at least 4 members (excludes halogenated alkanes) is 5. The van der Waals surface area contributed by atoms with Crippen LogP contribution >= 0.6 is 0 Å². The minimum absolute atomic E-state index is 0.00906. The van der Waals surface area contributed by atoms with Crippen LogP contribution in [-0.2, 0) is 14.3 Å². The summed E-state index contributed by atoms with van der Waals surface area (Å²) in [7, 11) is 4.43. The summed E-state index contributed by atoms with van der Waals surface area (Å²) in [4.78, 5) is 13.5. The number of nitrogens with zero attached hydrogens (tertiary/aromatic N) is 1. The quantitative estimate of drug-likeness (QED) is 0.135. The Kier molecular flexibility index (Phi) is 9.20. The molecule has 0 spiro atoms. The van der Waals surface area contributed by atoms with Crippen LogP contribution in [0.5, 0.6) is 0 Å². The Morgan fingerprint density at radius 2 is 1.46 bits per heavy atom. The Labute approximate surface area is 284 Å². The highest BCUT2D eigenvalue weighted by atomic mass is 16.5. The summed E-state index contributed by atoms with van der Waals surface area (Å²) >= 11 is 0. The number of carbonyl (C=O) groups is 1. The SMILES string of the molecule is CCCCCCCC[N+](C)(C)CC(=O)O[C@H]1CC[C@@]2(C)C(CC[C@]3(C)C2CCC2C4[C@@H]5OC[C@@]4(CCC5(C)C)CC[C@]23C)C1(C)C. The van der Waals surface area contributed by atoms with Crippen molar-refractivity contribution < 1.29 is 18.8 Å². The number of carbonyl (C=O) groups excluding carboxylic acids is 1. The van der Waals surface area contributed by atoms with Gasteiger partial charge in [0.15, 0.2) is 6.54 Å². The van der Waals surface area contributed by atoms with E-state index in [1.54, 1.807) is 0 Å². The van der Waals surface area contributed by atoms with E-state index in [0.29, 0.717) is 45.6 Å². The van der Waals surface area contributed by atoms with Crippen LogP contribution in [0.3, 0.4) is 0 Å². The summed E-state index contributed by atoms with van der Waals surface area (Å²) in [5, 5.41) is 0. The highest BCUT2D eigenvalue weighted by Crippen LogP contribution is 2.78. The summed E-state index contributed by atoms with van der Waals surface area (Å²) in [6.45, 7) is 23.0. The molecule has 4 heteroatoms.